The van der Waals surface area contributed by atoms with Gasteiger partial charge < -0.3 is 5.32 Å². The van der Waals surface area contributed by atoms with Gasteiger partial charge in [-0.1, -0.05) is 65.7 Å². The van der Waals surface area contributed by atoms with Gasteiger partial charge in [-0.05, 0) is 43.2 Å². The predicted molar refractivity (Wildman–Crippen MR) is 115 cm³/mol. The fourth-order valence-corrected chi connectivity index (χ4v) is 3.41. The van der Waals surface area contributed by atoms with E-state index in [1.165, 1.54) is 17.0 Å². The van der Waals surface area contributed by atoms with Crippen LogP contribution in [0.1, 0.15) is 22.3 Å². The molecule has 0 unspecified atom stereocenters. The molecule has 0 atom stereocenters. The molecule has 150 valence electrons. The van der Waals surface area contributed by atoms with Crippen molar-refractivity contribution in [1.29, 1.82) is 0 Å². The first-order chi connectivity index (χ1) is 14.4. The number of nitrogens with one attached hydrogen (secondary N) is 1. The van der Waals surface area contributed by atoms with E-state index < -0.39 is 11.7 Å². The molecule has 3 aromatic rings. The van der Waals surface area contributed by atoms with Gasteiger partial charge in [0.1, 0.15) is 11.5 Å². The molecule has 1 N–H and O–H groups in total. The van der Waals surface area contributed by atoms with Crippen molar-refractivity contribution in [2.45, 2.75) is 20.4 Å². The first kappa shape index (κ1) is 19.6. The monoisotopic (exact) mass is 400 g/mol. The summed E-state index contributed by atoms with van der Waals surface area (Å²) < 4.78 is 13.7. The van der Waals surface area contributed by atoms with Crippen LogP contribution in [0.25, 0.3) is 5.57 Å². The largest absolute Gasteiger partial charge is 0.350 e. The van der Waals surface area contributed by atoms with Crippen molar-refractivity contribution in [3.8, 4) is 0 Å². The first-order valence-corrected chi connectivity index (χ1v) is 9.68. The Labute approximate surface area is 174 Å². The van der Waals surface area contributed by atoms with Crippen LogP contribution in [0.4, 0.5) is 10.1 Å². The third-order valence-corrected chi connectivity index (χ3v) is 5.06. The van der Waals surface area contributed by atoms with E-state index in [-0.39, 0.29) is 23.7 Å². The van der Waals surface area contributed by atoms with Gasteiger partial charge >= 0.3 is 0 Å². The van der Waals surface area contributed by atoms with E-state index in [9.17, 15) is 14.0 Å². The molecular formula is C25H21FN2O2. The van der Waals surface area contributed by atoms with Crippen LogP contribution in [0.15, 0.2) is 78.5 Å². The molecule has 1 aliphatic heterocycles. The van der Waals surface area contributed by atoms with Crippen LogP contribution in [0, 0.1) is 19.7 Å². The third kappa shape index (κ3) is 3.87. The van der Waals surface area contributed by atoms with Crippen LogP contribution < -0.4 is 5.32 Å². The van der Waals surface area contributed by atoms with Crippen molar-refractivity contribution in [3.63, 3.8) is 0 Å². The minimum atomic E-state index is -0.430. The van der Waals surface area contributed by atoms with Crippen molar-refractivity contribution in [3.05, 3.63) is 107 Å². The Kier molecular flexibility index (Phi) is 5.19. The van der Waals surface area contributed by atoms with Crippen molar-refractivity contribution < 1.29 is 14.0 Å². The van der Waals surface area contributed by atoms with Crippen LogP contribution in [-0.4, -0.2) is 16.7 Å². The molecule has 4 nitrogen and oxygen atoms in total. The topological polar surface area (TPSA) is 49.4 Å². The Hall–Kier alpha value is -3.73. The highest BCUT2D eigenvalue weighted by molar-refractivity contribution is 6.36. The molecule has 0 aliphatic carbocycles. The minimum Gasteiger partial charge on any atom is -0.350 e. The van der Waals surface area contributed by atoms with Gasteiger partial charge in [0, 0.05) is 5.69 Å². The fraction of sp³-hybridized carbons (Fsp3) is 0.120. The molecule has 2 amide bonds. The molecule has 0 spiro atoms. The second-order valence-electron chi connectivity index (χ2n) is 7.43. The standard InChI is InChI=1S/C25H21FN2O2/c1-16-6-10-18(11-7-16)15-28-24(29)22(19-12-8-17(2)9-13-19)23(25(28)30)27-21-5-3-4-20(26)14-21/h3-14,27H,15H2,1-2H3. The lowest BCUT2D eigenvalue weighted by molar-refractivity contribution is -0.137. The van der Waals surface area contributed by atoms with Gasteiger partial charge in [0.25, 0.3) is 11.8 Å². The van der Waals surface area contributed by atoms with E-state index in [2.05, 4.69) is 5.32 Å². The van der Waals surface area contributed by atoms with E-state index >= 15 is 0 Å². The van der Waals surface area contributed by atoms with Gasteiger partial charge in [-0.2, -0.15) is 0 Å². The summed E-state index contributed by atoms with van der Waals surface area (Å²) in [5.41, 5.74) is 4.50. The van der Waals surface area contributed by atoms with Crippen LogP contribution >= 0.6 is 0 Å². The van der Waals surface area contributed by atoms with Crippen LogP contribution in [0.5, 0.6) is 0 Å². The molecule has 30 heavy (non-hydrogen) atoms. The molecule has 1 aliphatic rings. The number of imide groups is 1. The smallest absolute Gasteiger partial charge is 0.278 e. The highest BCUT2D eigenvalue weighted by Crippen LogP contribution is 2.31. The summed E-state index contributed by atoms with van der Waals surface area (Å²) >= 11 is 0. The zero-order valence-corrected chi connectivity index (χ0v) is 16.8. The quantitative estimate of drug-likeness (QED) is 0.624. The summed E-state index contributed by atoms with van der Waals surface area (Å²) in [5, 5.41) is 2.98. The van der Waals surface area contributed by atoms with Gasteiger partial charge in [-0.15, -0.1) is 0 Å². The number of hydrogen-bond donors (Lipinski definition) is 1. The molecule has 5 heteroatoms. The lowest BCUT2D eigenvalue weighted by atomic mass is 10.0. The maximum absolute atomic E-state index is 13.7. The van der Waals surface area contributed by atoms with Gasteiger partial charge in [0.05, 0.1) is 12.1 Å². The molecule has 0 radical (unpaired) electrons. The Morgan fingerprint density at radius 3 is 2.10 bits per heavy atom. The summed E-state index contributed by atoms with van der Waals surface area (Å²) in [7, 11) is 0. The van der Waals surface area contributed by atoms with Crippen LogP contribution in [-0.2, 0) is 16.1 Å². The molecule has 0 aromatic heterocycles. The number of hydrogen-bond acceptors (Lipinski definition) is 3. The van der Waals surface area contributed by atoms with E-state index in [1.54, 1.807) is 12.1 Å². The second kappa shape index (κ2) is 7.95. The maximum atomic E-state index is 13.7. The van der Waals surface area contributed by atoms with Crippen molar-refractivity contribution in [2.24, 2.45) is 0 Å². The highest BCUT2D eigenvalue weighted by atomic mass is 19.1. The van der Waals surface area contributed by atoms with Crippen LogP contribution in [0.2, 0.25) is 0 Å². The Balaban J connectivity index is 1.73. The normalized spacial score (nSPS) is 13.9. The summed E-state index contributed by atoms with van der Waals surface area (Å²) in [6.07, 6.45) is 0. The molecule has 3 aromatic carbocycles. The number of aryl methyl sites for hydroxylation is 2. The number of benzene rings is 3. The molecule has 4 rings (SSSR count). The third-order valence-electron chi connectivity index (χ3n) is 5.06. The molecule has 0 saturated carbocycles. The SMILES string of the molecule is Cc1ccc(CN2C(=O)C(Nc3cccc(F)c3)=C(c3ccc(C)cc3)C2=O)cc1. The number of halogens is 1. The van der Waals surface area contributed by atoms with Gasteiger partial charge in [0.2, 0.25) is 0 Å². The number of anilines is 1. The van der Waals surface area contributed by atoms with E-state index in [0.29, 0.717) is 11.3 Å². The van der Waals surface area contributed by atoms with Crippen LogP contribution in [0.3, 0.4) is 0 Å². The summed E-state index contributed by atoms with van der Waals surface area (Å²) in [6.45, 7) is 4.10. The van der Waals surface area contributed by atoms with Gasteiger partial charge in [-0.3, -0.25) is 14.5 Å². The van der Waals surface area contributed by atoms with Crippen molar-refractivity contribution in [1.82, 2.24) is 4.90 Å². The van der Waals surface area contributed by atoms with Crippen molar-refractivity contribution in [2.75, 3.05) is 5.32 Å². The lowest BCUT2D eigenvalue weighted by Gasteiger charge is -2.15. The zero-order valence-electron chi connectivity index (χ0n) is 16.8. The first-order valence-electron chi connectivity index (χ1n) is 9.68. The minimum absolute atomic E-state index is 0.154. The Morgan fingerprint density at radius 2 is 1.47 bits per heavy atom. The molecule has 0 saturated heterocycles. The molecular weight excluding hydrogens is 379 g/mol. The number of carbonyl (C=O) groups excluding carboxylic acids is 2. The van der Waals surface area contributed by atoms with E-state index in [1.807, 2.05) is 62.4 Å². The Bertz CT molecular complexity index is 1150. The summed E-state index contributed by atoms with van der Waals surface area (Å²) in [5.74, 6) is -1.23. The second-order valence-corrected chi connectivity index (χ2v) is 7.43. The van der Waals surface area contributed by atoms with Crippen molar-refractivity contribution >= 4 is 23.1 Å². The fourth-order valence-electron chi connectivity index (χ4n) is 3.41. The number of amides is 2. The average Bonchev–Trinajstić information content (AvgIpc) is 2.95. The number of carbonyl (C=O) groups is 2. The zero-order chi connectivity index (χ0) is 21.3. The highest BCUT2D eigenvalue weighted by Gasteiger charge is 2.39. The predicted octanol–water partition coefficient (Wildman–Crippen LogP) is 4.83. The number of nitrogens with zero attached hydrogens (tertiary/aromatic N) is 1. The molecule has 0 bridgehead atoms. The summed E-state index contributed by atoms with van der Waals surface area (Å²) in [4.78, 5) is 27.7. The summed E-state index contributed by atoms with van der Waals surface area (Å²) in [6, 6.07) is 20.9. The molecule has 0 fully saturated rings. The van der Waals surface area contributed by atoms with E-state index in [0.717, 1.165) is 16.7 Å². The van der Waals surface area contributed by atoms with Gasteiger partial charge in [-0.25, -0.2) is 4.39 Å². The lowest BCUT2D eigenvalue weighted by Crippen LogP contribution is -2.32. The number of rotatable bonds is 5. The Morgan fingerprint density at radius 1 is 0.833 bits per heavy atom. The van der Waals surface area contributed by atoms with E-state index in [4.69, 9.17) is 0 Å². The van der Waals surface area contributed by atoms with Gasteiger partial charge in [0.15, 0.2) is 0 Å². The maximum Gasteiger partial charge on any atom is 0.278 e. The average molecular weight is 400 g/mol. The molecule has 1 heterocycles.